The third-order valence-corrected chi connectivity index (χ3v) is 5.97. The second-order valence-electron chi connectivity index (χ2n) is 8.02. The molecule has 1 aromatic carbocycles. The van der Waals surface area contributed by atoms with Crippen molar-refractivity contribution in [1.82, 2.24) is 0 Å². The maximum atomic E-state index is 11.2. The lowest BCUT2D eigenvalue weighted by Crippen LogP contribution is -2.50. The van der Waals surface area contributed by atoms with Crippen molar-refractivity contribution in [3.8, 4) is 11.5 Å². The lowest BCUT2D eigenvalue weighted by atomic mass is 9.72. The molecule has 2 aliphatic rings. The fourth-order valence-corrected chi connectivity index (χ4v) is 4.43. The van der Waals surface area contributed by atoms with Gasteiger partial charge in [-0.15, -0.1) is 0 Å². The Morgan fingerprint density at radius 2 is 2.17 bits per heavy atom. The number of benzene rings is 1. The summed E-state index contributed by atoms with van der Waals surface area (Å²) in [7, 11) is 1.63. The summed E-state index contributed by atoms with van der Waals surface area (Å²) in [5.41, 5.74) is 11.2. The van der Waals surface area contributed by atoms with Crippen molar-refractivity contribution < 1.29 is 24.1 Å². The molecule has 1 aromatic rings. The number of nitrogens with zero attached hydrogens (tertiary/aromatic N) is 1. The summed E-state index contributed by atoms with van der Waals surface area (Å²) in [5, 5.41) is 9.19. The van der Waals surface area contributed by atoms with E-state index in [1.54, 1.807) is 7.11 Å². The first-order chi connectivity index (χ1) is 13.8. The third-order valence-electron chi connectivity index (χ3n) is 5.97. The zero-order valence-corrected chi connectivity index (χ0v) is 17.1. The maximum absolute atomic E-state index is 11.2. The van der Waals surface area contributed by atoms with E-state index in [4.69, 9.17) is 25.7 Å². The Balaban J connectivity index is 1.81. The van der Waals surface area contributed by atoms with Crippen LogP contribution in [0.3, 0.4) is 0 Å². The van der Waals surface area contributed by atoms with Crippen LogP contribution in [0.4, 0.5) is 0 Å². The molecule has 0 radical (unpaired) electrons. The minimum absolute atomic E-state index is 0.0627. The zero-order chi connectivity index (χ0) is 21.0. The molecule has 0 bridgehead atoms. The summed E-state index contributed by atoms with van der Waals surface area (Å²) < 4.78 is 18.3. The SMILES string of the molecule is COc1ccc2c(c1)[C@@H]1O[C@H](CCCN=C(N)N)CC[C@H]1[C@](C)(CCC(=O)O)O2. The van der Waals surface area contributed by atoms with Crippen LogP contribution < -0.4 is 20.9 Å². The number of fused-ring (bicyclic) bond motifs is 3. The van der Waals surface area contributed by atoms with Gasteiger partial charge in [-0.25, -0.2) is 0 Å². The lowest BCUT2D eigenvalue weighted by molar-refractivity contribution is -0.162. The summed E-state index contributed by atoms with van der Waals surface area (Å²) in [6.07, 6.45) is 3.96. The van der Waals surface area contributed by atoms with Crippen molar-refractivity contribution in [2.45, 2.75) is 63.3 Å². The summed E-state index contributed by atoms with van der Waals surface area (Å²) in [5.74, 6) is 0.853. The largest absolute Gasteiger partial charge is 0.497 e. The number of hydrogen-bond acceptors (Lipinski definition) is 5. The van der Waals surface area contributed by atoms with Crippen LogP contribution >= 0.6 is 0 Å². The number of carbonyl (C=O) groups is 1. The van der Waals surface area contributed by atoms with Gasteiger partial charge >= 0.3 is 5.97 Å². The van der Waals surface area contributed by atoms with Crippen molar-refractivity contribution in [3.63, 3.8) is 0 Å². The van der Waals surface area contributed by atoms with Crippen molar-refractivity contribution in [2.24, 2.45) is 22.4 Å². The molecule has 4 atom stereocenters. The molecule has 2 heterocycles. The smallest absolute Gasteiger partial charge is 0.303 e. The molecule has 1 saturated heterocycles. The van der Waals surface area contributed by atoms with Crippen molar-refractivity contribution >= 4 is 11.9 Å². The predicted octanol–water partition coefficient (Wildman–Crippen LogP) is 2.60. The minimum atomic E-state index is -0.818. The van der Waals surface area contributed by atoms with Crippen LogP contribution in [0.1, 0.15) is 57.1 Å². The number of hydrogen-bond donors (Lipinski definition) is 3. The van der Waals surface area contributed by atoms with E-state index in [9.17, 15) is 9.90 Å². The molecule has 0 unspecified atom stereocenters. The van der Waals surface area contributed by atoms with E-state index >= 15 is 0 Å². The number of aliphatic imine (C=N–C) groups is 1. The zero-order valence-electron chi connectivity index (χ0n) is 17.1. The van der Waals surface area contributed by atoms with E-state index in [2.05, 4.69) is 4.99 Å². The van der Waals surface area contributed by atoms with Gasteiger partial charge in [0.15, 0.2) is 5.96 Å². The van der Waals surface area contributed by atoms with E-state index in [0.29, 0.717) is 13.0 Å². The number of carboxylic acids is 1. The van der Waals surface area contributed by atoms with Crippen LogP contribution in [0.2, 0.25) is 0 Å². The van der Waals surface area contributed by atoms with Gasteiger partial charge in [0.25, 0.3) is 0 Å². The van der Waals surface area contributed by atoms with Gasteiger partial charge in [-0.05, 0) is 57.2 Å². The molecular formula is C21H31N3O5. The molecule has 160 valence electrons. The van der Waals surface area contributed by atoms with Gasteiger partial charge in [-0.1, -0.05) is 0 Å². The number of rotatable bonds is 8. The molecule has 0 aromatic heterocycles. The normalized spacial score (nSPS) is 27.9. The molecular weight excluding hydrogens is 374 g/mol. The van der Waals surface area contributed by atoms with E-state index in [-0.39, 0.29) is 30.5 Å². The first kappa shape index (κ1) is 21.2. The van der Waals surface area contributed by atoms with Gasteiger partial charge in [-0.3, -0.25) is 9.79 Å². The van der Waals surface area contributed by atoms with Crippen LogP contribution in [0.15, 0.2) is 23.2 Å². The topological polar surface area (TPSA) is 129 Å². The summed E-state index contributed by atoms with van der Waals surface area (Å²) in [4.78, 5) is 15.2. The molecule has 8 heteroatoms. The molecule has 0 spiro atoms. The Bertz CT molecular complexity index is 765. The fraction of sp³-hybridized carbons (Fsp3) is 0.619. The van der Waals surface area contributed by atoms with E-state index in [1.165, 1.54) is 0 Å². The minimum Gasteiger partial charge on any atom is -0.497 e. The van der Waals surface area contributed by atoms with Crippen molar-refractivity contribution in [2.75, 3.05) is 13.7 Å². The maximum Gasteiger partial charge on any atom is 0.303 e. The quantitative estimate of drug-likeness (QED) is 0.344. The van der Waals surface area contributed by atoms with Crippen LogP contribution in [-0.4, -0.2) is 42.4 Å². The standard InChI is InChI=1S/C21H31N3O5/c1-21(10-9-18(25)26)16-7-5-13(4-3-11-24-20(22)23)28-19(16)15-12-14(27-2)6-8-17(15)29-21/h6,8,12-13,16,19H,3-5,7,9-11H2,1-2H3,(H,25,26)(H4,22,23,24)/t13-,16-,19+,21+/m1/s1. The lowest BCUT2D eigenvalue weighted by Gasteiger charge is -2.50. The van der Waals surface area contributed by atoms with E-state index < -0.39 is 11.6 Å². The Labute approximate surface area is 171 Å². The number of aliphatic carboxylic acids is 1. The summed E-state index contributed by atoms with van der Waals surface area (Å²) in [6.45, 7) is 2.59. The second-order valence-corrected chi connectivity index (χ2v) is 8.02. The molecule has 8 nitrogen and oxygen atoms in total. The van der Waals surface area contributed by atoms with Gasteiger partial charge < -0.3 is 30.8 Å². The Kier molecular flexibility index (Phi) is 6.52. The number of methoxy groups -OCH3 is 1. The Morgan fingerprint density at radius 3 is 2.86 bits per heavy atom. The molecule has 3 rings (SSSR count). The molecule has 5 N–H and O–H groups in total. The number of carboxylic acid groups (broad SMARTS) is 1. The van der Waals surface area contributed by atoms with Gasteiger partial charge in [-0.2, -0.15) is 0 Å². The highest BCUT2D eigenvalue weighted by molar-refractivity contribution is 5.75. The molecule has 0 amide bonds. The Morgan fingerprint density at radius 1 is 1.38 bits per heavy atom. The van der Waals surface area contributed by atoms with Crippen LogP contribution in [0, 0.1) is 5.92 Å². The van der Waals surface area contributed by atoms with Crippen LogP contribution in [0.5, 0.6) is 11.5 Å². The van der Waals surface area contributed by atoms with Gasteiger partial charge in [0.1, 0.15) is 17.1 Å². The Hall–Kier alpha value is -2.48. The molecule has 1 fully saturated rings. The monoisotopic (exact) mass is 405 g/mol. The summed E-state index contributed by atoms with van der Waals surface area (Å²) in [6, 6.07) is 5.70. The van der Waals surface area contributed by atoms with Crippen LogP contribution in [-0.2, 0) is 9.53 Å². The molecule has 0 aliphatic carbocycles. The van der Waals surface area contributed by atoms with E-state index in [0.717, 1.165) is 42.7 Å². The van der Waals surface area contributed by atoms with Crippen LogP contribution in [0.25, 0.3) is 0 Å². The average Bonchev–Trinajstić information content (AvgIpc) is 2.69. The average molecular weight is 405 g/mol. The highest BCUT2D eigenvalue weighted by atomic mass is 16.5. The van der Waals surface area contributed by atoms with Gasteiger partial charge in [0, 0.05) is 24.4 Å². The number of ether oxygens (including phenoxy) is 3. The highest BCUT2D eigenvalue weighted by Crippen LogP contribution is 2.53. The number of nitrogens with two attached hydrogens (primary N) is 2. The van der Waals surface area contributed by atoms with E-state index in [1.807, 2.05) is 25.1 Å². The summed E-state index contributed by atoms with van der Waals surface area (Å²) >= 11 is 0. The number of guanidine groups is 1. The fourth-order valence-electron chi connectivity index (χ4n) is 4.43. The molecule has 29 heavy (non-hydrogen) atoms. The highest BCUT2D eigenvalue weighted by Gasteiger charge is 2.50. The van der Waals surface area contributed by atoms with Crippen molar-refractivity contribution in [1.29, 1.82) is 0 Å². The van der Waals surface area contributed by atoms with Gasteiger partial charge in [0.05, 0.1) is 19.3 Å². The molecule has 0 saturated carbocycles. The third kappa shape index (κ3) is 4.93. The first-order valence-electron chi connectivity index (χ1n) is 10.1. The van der Waals surface area contributed by atoms with Gasteiger partial charge in [0.2, 0.25) is 0 Å². The van der Waals surface area contributed by atoms with Crippen molar-refractivity contribution in [3.05, 3.63) is 23.8 Å². The second kappa shape index (κ2) is 8.90. The first-order valence-corrected chi connectivity index (χ1v) is 10.1. The predicted molar refractivity (Wildman–Crippen MR) is 109 cm³/mol. The molecule has 2 aliphatic heterocycles.